The molecule has 2 saturated heterocycles. The number of nitrogens with zero attached hydrogens (tertiary/aromatic N) is 5. The summed E-state index contributed by atoms with van der Waals surface area (Å²) >= 11 is 0. The van der Waals surface area contributed by atoms with Gasteiger partial charge in [-0.1, -0.05) is 6.07 Å². The van der Waals surface area contributed by atoms with E-state index in [1.165, 1.54) is 0 Å². The van der Waals surface area contributed by atoms with Gasteiger partial charge >= 0.3 is 0 Å². The number of nitrogens with one attached hydrogen (secondary N) is 1. The molecule has 4 rings (SSSR count). The molecule has 2 fully saturated rings. The molecule has 0 spiro atoms. The lowest BCUT2D eigenvalue weighted by Crippen LogP contribution is -2.42. The number of anilines is 2. The monoisotopic (exact) mass is 374 g/mol. The van der Waals surface area contributed by atoms with Crippen molar-refractivity contribution in [3.05, 3.63) is 42.4 Å². The SMILES string of the molecule is O=S(=O)(N1CCCC1)N1CCC[C@@H]1c1ccnc(Nc2ccccn2)n1. The van der Waals surface area contributed by atoms with E-state index in [9.17, 15) is 8.42 Å². The van der Waals surface area contributed by atoms with Crippen molar-refractivity contribution in [2.75, 3.05) is 25.0 Å². The molecular weight excluding hydrogens is 352 g/mol. The van der Waals surface area contributed by atoms with Crippen LogP contribution in [0.15, 0.2) is 36.7 Å². The lowest BCUT2D eigenvalue weighted by atomic mass is 10.1. The molecule has 8 nitrogen and oxygen atoms in total. The standard InChI is InChI=1S/C17H22N6O2S/c24-26(25,22-11-3-4-12-22)23-13-5-6-15(23)14-8-10-19-17(20-14)21-16-7-1-2-9-18-16/h1-2,7-10,15H,3-6,11-13H2,(H,18,19,20,21)/t15-/m1/s1. The minimum atomic E-state index is -3.43. The van der Waals surface area contributed by atoms with Gasteiger partial charge in [-0.3, -0.25) is 0 Å². The first kappa shape index (κ1) is 17.3. The highest BCUT2D eigenvalue weighted by atomic mass is 32.2. The van der Waals surface area contributed by atoms with Crippen molar-refractivity contribution < 1.29 is 8.42 Å². The van der Waals surface area contributed by atoms with E-state index in [4.69, 9.17) is 0 Å². The minimum absolute atomic E-state index is 0.243. The van der Waals surface area contributed by atoms with Gasteiger partial charge in [0.1, 0.15) is 5.82 Å². The zero-order chi connectivity index (χ0) is 18.0. The number of rotatable bonds is 5. The summed E-state index contributed by atoms with van der Waals surface area (Å²) in [6.07, 6.45) is 6.82. The zero-order valence-electron chi connectivity index (χ0n) is 14.5. The molecule has 1 atom stereocenters. The maximum Gasteiger partial charge on any atom is 0.282 e. The van der Waals surface area contributed by atoms with Gasteiger partial charge < -0.3 is 5.32 Å². The molecule has 0 aromatic carbocycles. The molecule has 2 aromatic heterocycles. The Morgan fingerprint density at radius 1 is 1.00 bits per heavy atom. The van der Waals surface area contributed by atoms with Crippen molar-refractivity contribution >= 4 is 22.0 Å². The highest BCUT2D eigenvalue weighted by Gasteiger charge is 2.40. The summed E-state index contributed by atoms with van der Waals surface area (Å²) in [4.78, 5) is 13.0. The highest BCUT2D eigenvalue weighted by Crippen LogP contribution is 2.35. The Morgan fingerprint density at radius 3 is 2.62 bits per heavy atom. The van der Waals surface area contributed by atoms with Crippen LogP contribution < -0.4 is 5.32 Å². The van der Waals surface area contributed by atoms with Gasteiger partial charge in [0.15, 0.2) is 0 Å². The topological polar surface area (TPSA) is 91.3 Å². The predicted octanol–water partition coefficient (Wildman–Crippen LogP) is 2.09. The van der Waals surface area contributed by atoms with Gasteiger partial charge in [0.25, 0.3) is 10.2 Å². The van der Waals surface area contributed by atoms with Gasteiger partial charge in [-0.25, -0.2) is 15.0 Å². The lowest BCUT2D eigenvalue weighted by molar-refractivity contribution is 0.345. The van der Waals surface area contributed by atoms with E-state index < -0.39 is 10.2 Å². The molecule has 0 aliphatic carbocycles. The Labute approximate surface area is 153 Å². The minimum Gasteiger partial charge on any atom is -0.309 e. The molecule has 2 aromatic rings. The van der Waals surface area contributed by atoms with E-state index in [1.54, 1.807) is 27.1 Å². The summed E-state index contributed by atoms with van der Waals surface area (Å²) in [6, 6.07) is 7.10. The summed E-state index contributed by atoms with van der Waals surface area (Å²) in [6.45, 7) is 1.76. The summed E-state index contributed by atoms with van der Waals surface area (Å²) in [5.41, 5.74) is 0.721. The summed E-state index contributed by atoms with van der Waals surface area (Å²) < 4.78 is 29.2. The van der Waals surface area contributed by atoms with Crippen LogP contribution in [-0.2, 0) is 10.2 Å². The molecule has 0 unspecified atom stereocenters. The fourth-order valence-electron chi connectivity index (χ4n) is 3.55. The van der Waals surface area contributed by atoms with E-state index in [0.717, 1.165) is 31.4 Å². The zero-order valence-corrected chi connectivity index (χ0v) is 15.3. The quantitative estimate of drug-likeness (QED) is 0.862. The van der Waals surface area contributed by atoms with E-state index in [1.807, 2.05) is 18.2 Å². The second kappa shape index (κ2) is 7.26. The molecule has 2 aliphatic rings. The predicted molar refractivity (Wildman–Crippen MR) is 98.0 cm³/mol. The number of aromatic nitrogens is 3. The Balaban J connectivity index is 1.57. The van der Waals surface area contributed by atoms with Crippen molar-refractivity contribution in [2.24, 2.45) is 0 Å². The lowest BCUT2D eigenvalue weighted by Gasteiger charge is -2.28. The van der Waals surface area contributed by atoms with Gasteiger partial charge in [0.05, 0.1) is 11.7 Å². The van der Waals surface area contributed by atoms with Gasteiger partial charge in [-0.15, -0.1) is 0 Å². The molecule has 0 amide bonds. The van der Waals surface area contributed by atoms with Crippen LogP contribution in [-0.4, -0.2) is 51.6 Å². The van der Waals surface area contributed by atoms with Crippen LogP contribution >= 0.6 is 0 Å². The third-order valence-corrected chi connectivity index (χ3v) is 6.86. The first-order chi connectivity index (χ1) is 12.6. The number of pyridine rings is 1. The fourth-order valence-corrected chi connectivity index (χ4v) is 5.46. The summed E-state index contributed by atoms with van der Waals surface area (Å²) in [7, 11) is -3.43. The van der Waals surface area contributed by atoms with Crippen LogP contribution in [0, 0.1) is 0 Å². The van der Waals surface area contributed by atoms with E-state index in [0.29, 0.717) is 31.4 Å². The average molecular weight is 374 g/mol. The first-order valence-electron chi connectivity index (χ1n) is 8.92. The fraction of sp³-hybridized carbons (Fsp3) is 0.471. The first-order valence-corrected chi connectivity index (χ1v) is 10.3. The normalized spacial score (nSPS) is 21.9. The van der Waals surface area contributed by atoms with Gasteiger partial charge in [0, 0.05) is 32.0 Å². The number of hydrogen-bond donors (Lipinski definition) is 1. The van der Waals surface area contributed by atoms with Crippen molar-refractivity contribution in [1.29, 1.82) is 0 Å². The molecule has 4 heterocycles. The van der Waals surface area contributed by atoms with Gasteiger partial charge in [-0.2, -0.15) is 17.0 Å². The van der Waals surface area contributed by atoms with Crippen LogP contribution in [0.2, 0.25) is 0 Å². The van der Waals surface area contributed by atoms with Crippen LogP contribution in [0.4, 0.5) is 11.8 Å². The maximum absolute atomic E-state index is 13.0. The Kier molecular flexibility index (Phi) is 4.84. The maximum atomic E-state index is 13.0. The Bertz CT molecular complexity index is 855. The molecule has 26 heavy (non-hydrogen) atoms. The van der Waals surface area contributed by atoms with E-state index >= 15 is 0 Å². The average Bonchev–Trinajstić information content (AvgIpc) is 3.35. The van der Waals surface area contributed by atoms with Crippen LogP contribution in [0.1, 0.15) is 37.4 Å². The Hall–Kier alpha value is -2.10. The molecular formula is C17H22N6O2S. The molecule has 0 saturated carbocycles. The molecule has 0 radical (unpaired) electrons. The van der Waals surface area contributed by atoms with Gasteiger partial charge in [0.2, 0.25) is 5.95 Å². The highest BCUT2D eigenvalue weighted by molar-refractivity contribution is 7.86. The molecule has 9 heteroatoms. The molecule has 0 bridgehead atoms. The van der Waals surface area contributed by atoms with Crippen molar-refractivity contribution in [1.82, 2.24) is 23.6 Å². The molecule has 138 valence electrons. The Morgan fingerprint density at radius 2 is 1.85 bits per heavy atom. The largest absolute Gasteiger partial charge is 0.309 e. The van der Waals surface area contributed by atoms with Crippen molar-refractivity contribution in [3.63, 3.8) is 0 Å². The molecule has 2 aliphatic heterocycles. The van der Waals surface area contributed by atoms with Crippen molar-refractivity contribution in [3.8, 4) is 0 Å². The molecule has 1 N–H and O–H groups in total. The second-order valence-electron chi connectivity index (χ2n) is 6.53. The third kappa shape index (κ3) is 3.42. The van der Waals surface area contributed by atoms with Crippen LogP contribution in [0.3, 0.4) is 0 Å². The third-order valence-electron chi connectivity index (χ3n) is 4.81. The summed E-state index contributed by atoms with van der Waals surface area (Å²) in [5.74, 6) is 1.07. The van der Waals surface area contributed by atoms with E-state index in [-0.39, 0.29) is 6.04 Å². The summed E-state index contributed by atoms with van der Waals surface area (Å²) in [5, 5.41) is 3.06. The van der Waals surface area contributed by atoms with E-state index in [2.05, 4.69) is 20.3 Å². The second-order valence-corrected chi connectivity index (χ2v) is 8.41. The number of hydrogen-bond acceptors (Lipinski definition) is 6. The van der Waals surface area contributed by atoms with Crippen molar-refractivity contribution in [2.45, 2.75) is 31.7 Å². The van der Waals surface area contributed by atoms with Crippen LogP contribution in [0.25, 0.3) is 0 Å². The smallest absolute Gasteiger partial charge is 0.282 e. The van der Waals surface area contributed by atoms with Crippen LogP contribution in [0.5, 0.6) is 0 Å². The van der Waals surface area contributed by atoms with Gasteiger partial charge in [-0.05, 0) is 43.9 Å².